The molecule has 1 aliphatic carbocycles. The van der Waals surface area contributed by atoms with Crippen LogP contribution in [-0.4, -0.2) is 55.6 Å². The molecule has 0 aromatic heterocycles. The number of hydrogen-bond donors (Lipinski definition) is 0. The van der Waals surface area contributed by atoms with Crippen molar-refractivity contribution in [3.8, 4) is 0 Å². The van der Waals surface area contributed by atoms with E-state index in [-0.39, 0.29) is 24.3 Å². The maximum absolute atomic E-state index is 12.3. The molecule has 292 valence electrons. The first-order chi connectivity index (χ1) is 25.0. The number of nitrogens with zero attached hydrogens (tertiary/aromatic N) is 1. The summed E-state index contributed by atoms with van der Waals surface area (Å²) in [5.41, 5.74) is 0. The molecule has 0 amide bonds. The van der Waals surface area contributed by atoms with Gasteiger partial charge in [-0.15, -0.1) is 0 Å². The molecule has 0 aromatic rings. The molecule has 5 heteroatoms. The summed E-state index contributed by atoms with van der Waals surface area (Å²) in [6.07, 6.45) is 53.6. The highest BCUT2D eigenvalue weighted by Crippen LogP contribution is 2.44. The fourth-order valence-electron chi connectivity index (χ4n) is 7.26. The van der Waals surface area contributed by atoms with E-state index in [9.17, 15) is 4.79 Å². The van der Waals surface area contributed by atoms with E-state index >= 15 is 0 Å². The van der Waals surface area contributed by atoms with Crippen LogP contribution in [0.15, 0.2) is 60.8 Å². The van der Waals surface area contributed by atoms with Gasteiger partial charge in [0.25, 0.3) is 0 Å². The zero-order valence-corrected chi connectivity index (χ0v) is 33.7. The van der Waals surface area contributed by atoms with Crippen molar-refractivity contribution in [1.29, 1.82) is 0 Å². The minimum Gasteiger partial charge on any atom is -0.461 e. The monoisotopic (exact) mass is 710 g/mol. The second-order valence-electron chi connectivity index (χ2n) is 15.3. The summed E-state index contributed by atoms with van der Waals surface area (Å²) in [5, 5.41) is 0. The van der Waals surface area contributed by atoms with Gasteiger partial charge in [0, 0.05) is 25.7 Å². The SMILES string of the molecule is CCC=CCC=CCC=CCCCCCCCCC1(CCCCCCCCC=CCC=CCCCCC)OC2CC(OC(=O)CN(C)C)CC2O1. The van der Waals surface area contributed by atoms with Gasteiger partial charge < -0.3 is 14.2 Å². The van der Waals surface area contributed by atoms with Crippen LogP contribution in [0.25, 0.3) is 0 Å². The standard InChI is InChI=1S/C46H79NO4/c1-5-7-9-11-13-15-17-19-21-23-25-27-29-31-33-35-37-46(50-43-39-42(40-44(43)51-46)49-45(48)41-47(3)4)38-36-34-32-30-28-26-24-22-20-18-16-14-12-10-8-6-2/h7,9,13-16,19-22,42-44H,5-6,8,10-12,17-18,23-41H2,1-4H3. The number of fused-ring (bicyclic) bond motifs is 1. The molecule has 0 radical (unpaired) electrons. The van der Waals surface area contributed by atoms with Gasteiger partial charge in [-0.05, 0) is 91.1 Å². The number of allylic oxidation sites excluding steroid dienone is 10. The topological polar surface area (TPSA) is 48.0 Å². The first kappa shape index (κ1) is 45.2. The first-order valence-electron chi connectivity index (χ1n) is 21.4. The Balaban J connectivity index is 1.63. The first-order valence-corrected chi connectivity index (χ1v) is 21.4. The van der Waals surface area contributed by atoms with Crippen molar-refractivity contribution in [2.75, 3.05) is 20.6 Å². The third-order valence-electron chi connectivity index (χ3n) is 10.1. The van der Waals surface area contributed by atoms with Crippen LogP contribution in [0.4, 0.5) is 0 Å². The number of hydrogen-bond acceptors (Lipinski definition) is 5. The number of ether oxygens (including phenoxy) is 3. The summed E-state index contributed by atoms with van der Waals surface area (Å²) in [5.74, 6) is -0.605. The summed E-state index contributed by atoms with van der Waals surface area (Å²) in [6.45, 7) is 4.75. The van der Waals surface area contributed by atoms with Crippen molar-refractivity contribution >= 4 is 5.97 Å². The van der Waals surface area contributed by atoms with Gasteiger partial charge in [0.15, 0.2) is 5.79 Å². The van der Waals surface area contributed by atoms with Gasteiger partial charge in [0.2, 0.25) is 0 Å². The van der Waals surface area contributed by atoms with Crippen LogP contribution in [0.3, 0.4) is 0 Å². The smallest absolute Gasteiger partial charge is 0.320 e. The molecular formula is C46H79NO4. The van der Waals surface area contributed by atoms with Gasteiger partial charge in [-0.25, -0.2) is 0 Å². The molecule has 2 fully saturated rings. The lowest BCUT2D eigenvalue weighted by Crippen LogP contribution is -2.33. The fourth-order valence-corrected chi connectivity index (χ4v) is 7.26. The minimum atomic E-state index is -0.450. The average Bonchev–Trinajstić information content (AvgIpc) is 3.62. The number of esters is 1. The Hall–Kier alpha value is -1.95. The van der Waals surface area contributed by atoms with E-state index in [2.05, 4.69) is 74.6 Å². The van der Waals surface area contributed by atoms with Crippen molar-refractivity contribution in [2.45, 2.75) is 205 Å². The molecule has 2 unspecified atom stereocenters. The van der Waals surface area contributed by atoms with Gasteiger partial charge in [-0.2, -0.15) is 0 Å². The van der Waals surface area contributed by atoms with E-state index in [0.717, 1.165) is 64.2 Å². The van der Waals surface area contributed by atoms with Crippen molar-refractivity contribution in [2.24, 2.45) is 0 Å². The van der Waals surface area contributed by atoms with E-state index in [1.165, 1.54) is 103 Å². The number of rotatable bonds is 32. The molecule has 1 heterocycles. The second kappa shape index (κ2) is 30.5. The summed E-state index contributed by atoms with van der Waals surface area (Å²) in [7, 11) is 3.79. The molecule has 2 aliphatic rings. The lowest BCUT2D eigenvalue weighted by atomic mass is 9.98. The molecule has 1 saturated carbocycles. The number of likely N-dealkylation sites (N-methyl/N-ethyl adjacent to an activating group) is 1. The molecule has 0 spiro atoms. The molecule has 2 atom stereocenters. The van der Waals surface area contributed by atoms with Crippen LogP contribution in [0.5, 0.6) is 0 Å². The van der Waals surface area contributed by atoms with Crippen molar-refractivity contribution < 1.29 is 19.0 Å². The van der Waals surface area contributed by atoms with Crippen LogP contribution < -0.4 is 0 Å². The predicted octanol–water partition coefficient (Wildman–Crippen LogP) is 12.9. The van der Waals surface area contributed by atoms with Gasteiger partial charge in [-0.3, -0.25) is 9.69 Å². The molecular weight excluding hydrogens is 631 g/mol. The van der Waals surface area contributed by atoms with Crippen LogP contribution in [0.1, 0.15) is 181 Å². The highest BCUT2D eigenvalue weighted by atomic mass is 16.8. The van der Waals surface area contributed by atoms with E-state index < -0.39 is 5.79 Å². The van der Waals surface area contributed by atoms with Gasteiger partial charge in [0.1, 0.15) is 6.10 Å². The van der Waals surface area contributed by atoms with E-state index in [4.69, 9.17) is 14.2 Å². The Morgan fingerprint density at radius 2 is 1.00 bits per heavy atom. The molecule has 2 rings (SSSR count). The van der Waals surface area contributed by atoms with Crippen molar-refractivity contribution in [3.05, 3.63) is 60.8 Å². The van der Waals surface area contributed by atoms with Crippen molar-refractivity contribution in [3.63, 3.8) is 0 Å². The highest BCUT2D eigenvalue weighted by molar-refractivity contribution is 5.71. The van der Waals surface area contributed by atoms with Gasteiger partial charge >= 0.3 is 5.97 Å². The van der Waals surface area contributed by atoms with Gasteiger partial charge in [0.05, 0.1) is 18.8 Å². The van der Waals surface area contributed by atoms with E-state index in [1.807, 2.05) is 19.0 Å². The van der Waals surface area contributed by atoms with Crippen LogP contribution in [0.2, 0.25) is 0 Å². The largest absolute Gasteiger partial charge is 0.461 e. The quantitative estimate of drug-likeness (QED) is 0.0395. The molecule has 0 bridgehead atoms. The number of carbonyl (C=O) groups is 1. The lowest BCUT2D eigenvalue weighted by molar-refractivity contribution is -0.197. The molecule has 5 nitrogen and oxygen atoms in total. The zero-order valence-electron chi connectivity index (χ0n) is 33.7. The second-order valence-corrected chi connectivity index (χ2v) is 15.3. The number of unbranched alkanes of at least 4 members (excludes halogenated alkanes) is 15. The summed E-state index contributed by atoms with van der Waals surface area (Å²) in [6, 6.07) is 0. The average molecular weight is 710 g/mol. The molecule has 0 aromatic carbocycles. The third-order valence-corrected chi connectivity index (χ3v) is 10.1. The Kier molecular flexibility index (Phi) is 27.0. The van der Waals surface area contributed by atoms with Crippen LogP contribution in [-0.2, 0) is 19.0 Å². The lowest BCUT2D eigenvalue weighted by Gasteiger charge is -2.30. The predicted molar refractivity (Wildman–Crippen MR) is 218 cm³/mol. The summed E-state index contributed by atoms with van der Waals surface area (Å²) < 4.78 is 19.3. The molecule has 0 N–H and O–H groups in total. The molecule has 1 saturated heterocycles. The maximum Gasteiger partial charge on any atom is 0.320 e. The fraction of sp³-hybridized carbons (Fsp3) is 0.761. The minimum absolute atomic E-state index is 0.0493. The van der Waals surface area contributed by atoms with E-state index in [1.54, 1.807) is 0 Å². The Labute approximate surface area is 315 Å². The van der Waals surface area contributed by atoms with E-state index in [0.29, 0.717) is 6.54 Å². The molecule has 1 aliphatic heterocycles. The third kappa shape index (κ3) is 23.4. The molecule has 51 heavy (non-hydrogen) atoms. The Morgan fingerprint density at radius 3 is 1.45 bits per heavy atom. The number of carbonyl (C=O) groups excluding carboxylic acids is 1. The maximum atomic E-state index is 12.3. The zero-order chi connectivity index (χ0) is 36.7. The van der Waals surface area contributed by atoms with Crippen LogP contribution >= 0.6 is 0 Å². The Bertz CT molecular complexity index is 981. The van der Waals surface area contributed by atoms with Gasteiger partial charge in [-0.1, -0.05) is 139 Å². The van der Waals surface area contributed by atoms with Crippen molar-refractivity contribution in [1.82, 2.24) is 4.90 Å². The summed E-state index contributed by atoms with van der Waals surface area (Å²) in [4.78, 5) is 14.1. The normalized spacial score (nSPS) is 22.3. The summed E-state index contributed by atoms with van der Waals surface area (Å²) >= 11 is 0. The Morgan fingerprint density at radius 1 is 0.588 bits per heavy atom. The highest BCUT2D eigenvalue weighted by Gasteiger charge is 2.52. The van der Waals surface area contributed by atoms with Crippen LogP contribution in [0, 0.1) is 0 Å².